The molecule has 1 aliphatic rings. The maximum atomic E-state index is 12.4. The summed E-state index contributed by atoms with van der Waals surface area (Å²) in [7, 11) is 0. The van der Waals surface area contributed by atoms with E-state index in [9.17, 15) is 4.79 Å². The van der Waals surface area contributed by atoms with Crippen LogP contribution in [0, 0.1) is 11.3 Å². The summed E-state index contributed by atoms with van der Waals surface area (Å²) in [5, 5.41) is 9.61. The van der Waals surface area contributed by atoms with Gasteiger partial charge in [0.25, 0.3) is 0 Å². The lowest BCUT2D eigenvalue weighted by atomic mass is 10.0. The third-order valence-corrected chi connectivity index (χ3v) is 3.59. The summed E-state index contributed by atoms with van der Waals surface area (Å²) in [5.41, 5.74) is 3.37. The van der Waals surface area contributed by atoms with E-state index >= 15 is 0 Å². The zero-order valence-corrected chi connectivity index (χ0v) is 11.2. The highest BCUT2D eigenvalue weighted by Crippen LogP contribution is 2.30. The first kappa shape index (κ1) is 12.6. The number of rotatable bonds is 2. The Hall–Kier alpha value is -2.41. The van der Waals surface area contributed by atoms with Gasteiger partial charge in [0.2, 0.25) is 0 Å². The Kier molecular flexibility index (Phi) is 3.11. The van der Waals surface area contributed by atoms with Gasteiger partial charge in [-0.2, -0.15) is 5.26 Å². The fourth-order valence-electron chi connectivity index (χ4n) is 2.69. The van der Waals surface area contributed by atoms with Crippen LogP contribution in [-0.4, -0.2) is 17.1 Å². The first-order valence-electron chi connectivity index (χ1n) is 6.72. The first-order valence-corrected chi connectivity index (χ1v) is 6.72. The minimum atomic E-state index is -0.744. The lowest BCUT2D eigenvalue weighted by Crippen LogP contribution is -2.16. The molecule has 1 aliphatic carbocycles. The van der Waals surface area contributed by atoms with Crippen LogP contribution in [0.15, 0.2) is 24.3 Å². The number of pyridine rings is 1. The molecule has 1 aromatic heterocycles. The molecule has 2 aromatic rings. The Morgan fingerprint density at radius 2 is 2.20 bits per heavy atom. The van der Waals surface area contributed by atoms with Crippen molar-refractivity contribution in [1.82, 2.24) is 4.98 Å². The van der Waals surface area contributed by atoms with E-state index in [0.717, 1.165) is 41.4 Å². The summed E-state index contributed by atoms with van der Waals surface area (Å²) in [4.78, 5) is 17.0. The second-order valence-corrected chi connectivity index (χ2v) is 4.96. The number of aromatic nitrogens is 1. The van der Waals surface area contributed by atoms with Crippen molar-refractivity contribution >= 4 is 16.9 Å². The zero-order chi connectivity index (χ0) is 14.1. The van der Waals surface area contributed by atoms with Crippen molar-refractivity contribution in [3.63, 3.8) is 0 Å². The van der Waals surface area contributed by atoms with Crippen molar-refractivity contribution in [2.45, 2.75) is 32.3 Å². The van der Waals surface area contributed by atoms with Gasteiger partial charge in [0.1, 0.15) is 6.07 Å². The molecule has 0 aliphatic heterocycles. The third-order valence-electron chi connectivity index (χ3n) is 3.59. The van der Waals surface area contributed by atoms with E-state index in [0.29, 0.717) is 5.56 Å². The summed E-state index contributed by atoms with van der Waals surface area (Å²) in [6.07, 6.45) is 2.01. The molecule has 4 nitrogen and oxygen atoms in total. The van der Waals surface area contributed by atoms with Gasteiger partial charge in [0, 0.05) is 11.1 Å². The van der Waals surface area contributed by atoms with Gasteiger partial charge in [-0.3, -0.25) is 4.98 Å². The zero-order valence-electron chi connectivity index (χ0n) is 11.2. The molecule has 100 valence electrons. The number of fused-ring (bicyclic) bond motifs is 2. The van der Waals surface area contributed by atoms with Gasteiger partial charge < -0.3 is 4.74 Å². The number of para-hydroxylation sites is 1. The minimum absolute atomic E-state index is 0.421. The highest BCUT2D eigenvalue weighted by molar-refractivity contribution is 6.05. The molecular formula is C16H14N2O2. The van der Waals surface area contributed by atoms with Gasteiger partial charge in [-0.25, -0.2) is 4.79 Å². The largest absolute Gasteiger partial charge is 0.444 e. The van der Waals surface area contributed by atoms with Crippen LogP contribution in [0.5, 0.6) is 0 Å². The van der Waals surface area contributed by atoms with Crippen molar-refractivity contribution in [3.8, 4) is 6.07 Å². The Bertz CT molecular complexity index is 731. The quantitative estimate of drug-likeness (QED) is 0.784. The molecule has 3 rings (SSSR count). The lowest BCUT2D eigenvalue weighted by molar-refractivity contribution is 0.0436. The fraction of sp³-hybridized carbons (Fsp3) is 0.312. The van der Waals surface area contributed by atoms with Gasteiger partial charge in [-0.05, 0) is 37.8 Å². The molecule has 0 bridgehead atoms. The molecule has 0 saturated carbocycles. The predicted octanol–water partition coefficient (Wildman–Crippen LogP) is 2.79. The summed E-state index contributed by atoms with van der Waals surface area (Å²) in [6.45, 7) is 1.57. The van der Waals surface area contributed by atoms with Crippen molar-refractivity contribution in [3.05, 3.63) is 41.1 Å². The fourth-order valence-corrected chi connectivity index (χ4v) is 2.69. The van der Waals surface area contributed by atoms with Crippen LogP contribution in [0.2, 0.25) is 0 Å². The van der Waals surface area contributed by atoms with Gasteiger partial charge in [0.15, 0.2) is 6.10 Å². The number of carbonyl (C=O) groups is 1. The van der Waals surface area contributed by atoms with Crippen LogP contribution < -0.4 is 0 Å². The van der Waals surface area contributed by atoms with E-state index in [4.69, 9.17) is 10.00 Å². The van der Waals surface area contributed by atoms with Gasteiger partial charge in [-0.15, -0.1) is 0 Å². The normalized spacial score (nSPS) is 14.6. The molecule has 1 aromatic carbocycles. The molecule has 1 atom stereocenters. The van der Waals surface area contributed by atoms with E-state index in [2.05, 4.69) is 4.98 Å². The Morgan fingerprint density at radius 3 is 3.00 bits per heavy atom. The van der Waals surface area contributed by atoms with Gasteiger partial charge in [0.05, 0.1) is 11.1 Å². The van der Waals surface area contributed by atoms with Crippen molar-refractivity contribution in [1.29, 1.82) is 5.26 Å². The van der Waals surface area contributed by atoms with E-state index < -0.39 is 12.1 Å². The number of ether oxygens (including phenoxy) is 1. The van der Waals surface area contributed by atoms with Gasteiger partial charge in [-0.1, -0.05) is 18.2 Å². The van der Waals surface area contributed by atoms with Crippen LogP contribution in [-0.2, 0) is 17.6 Å². The maximum absolute atomic E-state index is 12.4. The monoisotopic (exact) mass is 266 g/mol. The lowest BCUT2D eigenvalue weighted by Gasteiger charge is -2.12. The molecular weight excluding hydrogens is 252 g/mol. The van der Waals surface area contributed by atoms with Gasteiger partial charge >= 0.3 is 5.97 Å². The number of benzene rings is 1. The van der Waals surface area contributed by atoms with E-state index in [1.54, 1.807) is 6.92 Å². The standard InChI is InChI=1S/C16H14N2O2/c1-10(9-17)20-16(19)15-11-5-2-3-7-13(11)18-14-8-4-6-12(14)15/h2-3,5,7,10H,4,6,8H2,1H3/t10-/m0/s1. The van der Waals surface area contributed by atoms with E-state index in [1.165, 1.54) is 0 Å². The Balaban J connectivity index is 2.18. The predicted molar refractivity (Wildman–Crippen MR) is 74.3 cm³/mol. The number of carbonyl (C=O) groups excluding carboxylic acids is 1. The summed E-state index contributed by atoms with van der Waals surface area (Å²) in [5.74, 6) is -0.421. The van der Waals surface area contributed by atoms with Crippen LogP contribution in [0.3, 0.4) is 0 Å². The molecule has 0 fully saturated rings. The van der Waals surface area contributed by atoms with Crippen molar-refractivity contribution in [2.75, 3.05) is 0 Å². The second-order valence-electron chi connectivity index (χ2n) is 4.96. The molecule has 0 saturated heterocycles. The van der Waals surface area contributed by atoms with Crippen molar-refractivity contribution in [2.24, 2.45) is 0 Å². The number of nitrogens with zero attached hydrogens (tertiary/aromatic N) is 2. The first-order chi connectivity index (χ1) is 9.70. The van der Waals surface area contributed by atoms with Crippen LogP contribution in [0.1, 0.15) is 35.0 Å². The topological polar surface area (TPSA) is 63.0 Å². The molecule has 0 amide bonds. The molecule has 0 radical (unpaired) electrons. The number of hydrogen-bond acceptors (Lipinski definition) is 4. The molecule has 0 spiro atoms. The molecule has 0 N–H and O–H groups in total. The van der Waals surface area contributed by atoms with E-state index in [1.807, 2.05) is 30.3 Å². The highest BCUT2D eigenvalue weighted by atomic mass is 16.5. The average Bonchev–Trinajstić information content (AvgIpc) is 2.91. The van der Waals surface area contributed by atoms with Crippen LogP contribution in [0.4, 0.5) is 0 Å². The summed E-state index contributed by atoms with van der Waals surface area (Å²) < 4.78 is 5.19. The average molecular weight is 266 g/mol. The number of nitriles is 1. The summed E-state index contributed by atoms with van der Waals surface area (Å²) in [6, 6.07) is 9.50. The molecule has 1 heterocycles. The van der Waals surface area contributed by atoms with Crippen LogP contribution in [0.25, 0.3) is 10.9 Å². The van der Waals surface area contributed by atoms with Crippen molar-refractivity contribution < 1.29 is 9.53 Å². The number of aryl methyl sites for hydroxylation is 1. The molecule has 0 unspecified atom stereocenters. The Morgan fingerprint density at radius 1 is 1.40 bits per heavy atom. The van der Waals surface area contributed by atoms with E-state index in [-0.39, 0.29) is 0 Å². The Labute approximate surface area is 117 Å². The number of esters is 1. The maximum Gasteiger partial charge on any atom is 0.340 e. The molecule has 20 heavy (non-hydrogen) atoms. The smallest absolute Gasteiger partial charge is 0.340 e. The highest BCUT2D eigenvalue weighted by Gasteiger charge is 2.25. The third kappa shape index (κ3) is 2.01. The van der Waals surface area contributed by atoms with Crippen LogP contribution >= 0.6 is 0 Å². The minimum Gasteiger partial charge on any atom is -0.444 e. The second kappa shape index (κ2) is 4.93. The molecule has 4 heteroatoms. The summed E-state index contributed by atoms with van der Waals surface area (Å²) >= 11 is 0. The number of hydrogen-bond donors (Lipinski definition) is 0. The SMILES string of the molecule is C[C@@H](C#N)OC(=O)c1c2c(nc3ccccc13)CCC2.